The van der Waals surface area contributed by atoms with Crippen molar-refractivity contribution >= 4 is 39.1 Å². The van der Waals surface area contributed by atoms with E-state index < -0.39 is 5.91 Å². The SMILES string of the molecule is NC(=O)c1nc2ccc(Cl)nn2c1Br. The summed E-state index contributed by atoms with van der Waals surface area (Å²) in [6.07, 6.45) is 0. The Kier molecular flexibility index (Phi) is 2.16. The molecule has 2 rings (SSSR count). The molecule has 0 aliphatic carbocycles. The number of fused-ring (bicyclic) bond motifs is 1. The molecule has 5 nitrogen and oxygen atoms in total. The fourth-order valence-corrected chi connectivity index (χ4v) is 1.72. The summed E-state index contributed by atoms with van der Waals surface area (Å²) < 4.78 is 1.81. The van der Waals surface area contributed by atoms with Gasteiger partial charge in [0.2, 0.25) is 0 Å². The molecule has 0 bridgehead atoms. The highest BCUT2D eigenvalue weighted by atomic mass is 79.9. The molecule has 2 heterocycles. The van der Waals surface area contributed by atoms with Gasteiger partial charge in [0.15, 0.2) is 11.3 Å². The van der Waals surface area contributed by atoms with Crippen molar-refractivity contribution in [2.75, 3.05) is 0 Å². The summed E-state index contributed by atoms with van der Waals surface area (Å²) >= 11 is 8.85. The summed E-state index contributed by atoms with van der Waals surface area (Å²) in [6, 6.07) is 3.23. The topological polar surface area (TPSA) is 73.3 Å². The molecule has 0 aromatic carbocycles. The van der Waals surface area contributed by atoms with E-state index in [1.54, 1.807) is 12.1 Å². The van der Waals surface area contributed by atoms with Gasteiger partial charge in [-0.05, 0) is 28.1 Å². The summed E-state index contributed by atoms with van der Waals surface area (Å²) in [5, 5.41) is 4.25. The number of nitrogens with zero attached hydrogens (tertiary/aromatic N) is 3. The first-order valence-electron chi connectivity index (χ1n) is 3.60. The van der Waals surface area contributed by atoms with Crippen molar-refractivity contribution in [2.45, 2.75) is 0 Å². The Labute approximate surface area is 92.0 Å². The number of primary amides is 1. The van der Waals surface area contributed by atoms with Gasteiger partial charge in [0.25, 0.3) is 5.91 Å². The van der Waals surface area contributed by atoms with Crippen molar-refractivity contribution < 1.29 is 4.79 Å². The Morgan fingerprint density at radius 1 is 1.57 bits per heavy atom. The average molecular weight is 275 g/mol. The Bertz CT molecular complexity index is 524. The first-order valence-corrected chi connectivity index (χ1v) is 4.77. The van der Waals surface area contributed by atoms with E-state index >= 15 is 0 Å². The van der Waals surface area contributed by atoms with E-state index in [4.69, 9.17) is 17.3 Å². The van der Waals surface area contributed by atoms with Gasteiger partial charge < -0.3 is 5.73 Å². The van der Waals surface area contributed by atoms with Crippen LogP contribution in [0.2, 0.25) is 5.15 Å². The summed E-state index contributed by atoms with van der Waals surface area (Å²) in [5.41, 5.74) is 5.76. The van der Waals surface area contributed by atoms with E-state index in [1.807, 2.05) is 0 Å². The second kappa shape index (κ2) is 3.21. The minimum Gasteiger partial charge on any atom is -0.364 e. The molecule has 0 aliphatic rings. The molecule has 2 aromatic heterocycles. The maximum absolute atomic E-state index is 10.9. The Morgan fingerprint density at radius 3 is 2.93 bits per heavy atom. The number of carbonyl (C=O) groups excluding carboxylic acids is 1. The fourth-order valence-electron chi connectivity index (χ4n) is 1.04. The third-order valence-electron chi connectivity index (χ3n) is 1.62. The molecule has 0 spiro atoms. The van der Waals surface area contributed by atoms with E-state index in [-0.39, 0.29) is 5.69 Å². The van der Waals surface area contributed by atoms with Gasteiger partial charge in [0.1, 0.15) is 9.76 Å². The largest absolute Gasteiger partial charge is 0.364 e. The van der Waals surface area contributed by atoms with Crippen molar-refractivity contribution in [3.63, 3.8) is 0 Å². The van der Waals surface area contributed by atoms with Crippen LogP contribution in [0.1, 0.15) is 10.5 Å². The molecular formula is C7H4BrClN4O. The van der Waals surface area contributed by atoms with Gasteiger partial charge in [-0.2, -0.15) is 5.10 Å². The smallest absolute Gasteiger partial charge is 0.270 e. The normalized spacial score (nSPS) is 10.7. The van der Waals surface area contributed by atoms with Gasteiger partial charge in [-0.25, -0.2) is 9.50 Å². The highest BCUT2D eigenvalue weighted by Gasteiger charge is 2.14. The first kappa shape index (κ1) is 9.42. The van der Waals surface area contributed by atoms with Crippen molar-refractivity contribution in [3.05, 3.63) is 27.6 Å². The second-order valence-electron chi connectivity index (χ2n) is 2.54. The monoisotopic (exact) mass is 274 g/mol. The summed E-state index contributed by atoms with van der Waals surface area (Å²) in [7, 11) is 0. The third kappa shape index (κ3) is 1.36. The van der Waals surface area contributed by atoms with E-state index in [2.05, 4.69) is 26.0 Å². The molecule has 0 aliphatic heterocycles. The molecule has 2 N–H and O–H groups in total. The van der Waals surface area contributed by atoms with Gasteiger partial charge in [-0.1, -0.05) is 11.6 Å². The highest BCUT2D eigenvalue weighted by molar-refractivity contribution is 9.10. The molecule has 72 valence electrons. The summed E-state index contributed by atoms with van der Waals surface area (Å²) in [4.78, 5) is 14.9. The van der Waals surface area contributed by atoms with Gasteiger partial charge in [-0.15, -0.1) is 0 Å². The van der Waals surface area contributed by atoms with Crippen LogP contribution < -0.4 is 5.73 Å². The summed E-state index contributed by atoms with van der Waals surface area (Å²) in [6.45, 7) is 0. The molecule has 0 radical (unpaired) electrons. The van der Waals surface area contributed by atoms with Crippen LogP contribution in [0.15, 0.2) is 16.7 Å². The quantitative estimate of drug-likeness (QED) is 0.851. The number of amides is 1. The van der Waals surface area contributed by atoms with E-state index in [9.17, 15) is 4.79 Å². The number of hydrogen-bond donors (Lipinski definition) is 1. The molecular weight excluding hydrogens is 271 g/mol. The fraction of sp³-hybridized carbons (Fsp3) is 0. The molecule has 2 aromatic rings. The van der Waals surface area contributed by atoms with Crippen LogP contribution in [0, 0.1) is 0 Å². The zero-order valence-corrected chi connectivity index (χ0v) is 9.08. The van der Waals surface area contributed by atoms with Crippen molar-refractivity contribution in [1.82, 2.24) is 14.6 Å². The Morgan fingerprint density at radius 2 is 2.29 bits per heavy atom. The maximum atomic E-state index is 10.9. The van der Waals surface area contributed by atoms with Gasteiger partial charge >= 0.3 is 0 Å². The molecule has 0 fully saturated rings. The number of halogens is 2. The van der Waals surface area contributed by atoms with Crippen LogP contribution in [-0.2, 0) is 0 Å². The predicted octanol–water partition coefficient (Wildman–Crippen LogP) is 1.24. The Balaban J connectivity index is 2.80. The first-order chi connectivity index (χ1) is 6.59. The van der Waals surface area contributed by atoms with Crippen LogP contribution in [0.4, 0.5) is 0 Å². The summed E-state index contributed by atoms with van der Waals surface area (Å²) in [5.74, 6) is -0.613. The van der Waals surface area contributed by atoms with Crippen molar-refractivity contribution in [1.29, 1.82) is 0 Å². The van der Waals surface area contributed by atoms with Crippen LogP contribution in [0.5, 0.6) is 0 Å². The Hall–Kier alpha value is -1.14. The number of carbonyl (C=O) groups is 1. The average Bonchev–Trinajstić information content (AvgIpc) is 2.44. The van der Waals surface area contributed by atoms with Gasteiger partial charge in [0, 0.05) is 0 Å². The van der Waals surface area contributed by atoms with Crippen molar-refractivity contribution in [3.8, 4) is 0 Å². The molecule has 0 unspecified atom stereocenters. The zero-order valence-electron chi connectivity index (χ0n) is 6.74. The number of nitrogens with two attached hydrogens (primary N) is 1. The lowest BCUT2D eigenvalue weighted by molar-refractivity contribution is 0.0995. The maximum Gasteiger partial charge on any atom is 0.270 e. The lowest BCUT2D eigenvalue weighted by Gasteiger charge is -1.93. The minimum atomic E-state index is -0.613. The molecule has 0 atom stereocenters. The lowest BCUT2D eigenvalue weighted by Crippen LogP contribution is -2.12. The third-order valence-corrected chi connectivity index (χ3v) is 2.54. The second-order valence-corrected chi connectivity index (χ2v) is 3.68. The number of aromatic nitrogens is 3. The number of rotatable bonds is 1. The minimum absolute atomic E-state index is 0.139. The van der Waals surface area contributed by atoms with Crippen LogP contribution >= 0.6 is 27.5 Å². The standard InChI is InChI=1S/C7H4BrClN4O/c8-6-5(7(10)14)11-4-2-1-3(9)12-13(4)6/h1-2H,(H2,10,14). The van der Waals surface area contributed by atoms with Gasteiger partial charge in [0.05, 0.1) is 0 Å². The number of imidazole rings is 1. The lowest BCUT2D eigenvalue weighted by atomic mass is 10.5. The highest BCUT2D eigenvalue weighted by Crippen LogP contribution is 2.18. The predicted molar refractivity (Wildman–Crippen MR) is 54.2 cm³/mol. The van der Waals surface area contributed by atoms with E-state index in [1.165, 1.54) is 4.52 Å². The molecule has 1 amide bonds. The molecule has 0 saturated heterocycles. The van der Waals surface area contributed by atoms with Crippen molar-refractivity contribution in [2.24, 2.45) is 5.73 Å². The van der Waals surface area contributed by atoms with Crippen LogP contribution in [-0.4, -0.2) is 20.5 Å². The molecule has 7 heteroatoms. The zero-order chi connectivity index (χ0) is 10.3. The van der Waals surface area contributed by atoms with E-state index in [0.29, 0.717) is 15.4 Å². The molecule has 14 heavy (non-hydrogen) atoms. The molecule has 0 saturated carbocycles. The number of hydrogen-bond acceptors (Lipinski definition) is 3. The van der Waals surface area contributed by atoms with Gasteiger partial charge in [-0.3, -0.25) is 4.79 Å². The van der Waals surface area contributed by atoms with E-state index in [0.717, 1.165) is 0 Å². The van der Waals surface area contributed by atoms with Crippen LogP contribution in [0.3, 0.4) is 0 Å². The van der Waals surface area contributed by atoms with Crippen LogP contribution in [0.25, 0.3) is 5.65 Å².